The quantitative estimate of drug-likeness (QED) is 0.837. The van der Waals surface area contributed by atoms with E-state index in [4.69, 9.17) is 4.74 Å². The highest BCUT2D eigenvalue weighted by Gasteiger charge is 2.26. The average Bonchev–Trinajstić information content (AvgIpc) is 2.38. The van der Waals surface area contributed by atoms with Gasteiger partial charge >= 0.3 is 0 Å². The minimum Gasteiger partial charge on any atom is -0.356 e. The minimum absolute atomic E-state index is 0.353. The van der Waals surface area contributed by atoms with Crippen molar-refractivity contribution >= 4 is 21.7 Å². The largest absolute Gasteiger partial charge is 0.356 e. The Morgan fingerprint density at radius 3 is 2.35 bits per heavy atom. The van der Waals surface area contributed by atoms with Gasteiger partial charge in [0.15, 0.2) is 0 Å². The van der Waals surface area contributed by atoms with Crippen molar-refractivity contribution < 1.29 is 9.84 Å². The lowest BCUT2D eigenvalue weighted by molar-refractivity contribution is -0.239. The second-order valence-electron chi connectivity index (χ2n) is 5.78. The average molecular weight is 345 g/mol. The summed E-state index contributed by atoms with van der Waals surface area (Å²) in [5, 5.41) is 10.1. The van der Waals surface area contributed by atoms with Crippen molar-refractivity contribution in [2.75, 3.05) is 31.1 Å². The van der Waals surface area contributed by atoms with E-state index >= 15 is 0 Å². The molecule has 1 fully saturated rings. The molecule has 2 heterocycles. The Balaban J connectivity index is 1.87. The molecule has 1 N–H and O–H groups in total. The van der Waals surface area contributed by atoms with Crippen molar-refractivity contribution in [3.05, 3.63) is 17.0 Å². The van der Waals surface area contributed by atoms with Crippen LogP contribution in [0.25, 0.3) is 0 Å². The summed E-state index contributed by atoms with van der Waals surface area (Å²) in [6.45, 7) is 8.85. The van der Waals surface area contributed by atoms with Crippen molar-refractivity contribution in [1.29, 1.82) is 0 Å². The predicted molar refractivity (Wildman–Crippen MR) is 80.4 cm³/mol. The van der Waals surface area contributed by atoms with E-state index in [0.29, 0.717) is 0 Å². The summed E-state index contributed by atoms with van der Waals surface area (Å²) in [6.07, 6.45) is 2.59. The van der Waals surface area contributed by atoms with Crippen LogP contribution in [0.2, 0.25) is 0 Å². The first-order chi connectivity index (χ1) is 9.35. The Hall–Kier alpha value is -0.760. The molecule has 112 valence electrons. The molecular weight excluding hydrogens is 324 g/mol. The van der Waals surface area contributed by atoms with Crippen LogP contribution in [-0.2, 0) is 4.74 Å². The van der Waals surface area contributed by atoms with Crippen molar-refractivity contribution in [3.63, 3.8) is 0 Å². The maximum Gasteiger partial charge on any atom is 0.216 e. The van der Waals surface area contributed by atoms with Crippen LogP contribution >= 0.6 is 15.9 Å². The van der Waals surface area contributed by atoms with Crippen LogP contribution in [0.5, 0.6) is 0 Å². The van der Waals surface area contributed by atoms with Gasteiger partial charge in [0, 0.05) is 26.2 Å². The lowest BCUT2D eigenvalue weighted by Crippen LogP contribution is -2.52. The van der Waals surface area contributed by atoms with Crippen LogP contribution in [0, 0.1) is 0 Å². The summed E-state index contributed by atoms with van der Waals surface area (Å²) in [7, 11) is 0. The SMILES string of the molecule is CC(C)(C)OC(O)N1CCN(c2cnc(Br)cn2)CC1. The number of aliphatic hydroxyl groups excluding tert-OH is 1. The number of piperazine rings is 1. The molecule has 0 aliphatic carbocycles. The molecule has 0 radical (unpaired) electrons. The van der Waals surface area contributed by atoms with Gasteiger partial charge in [-0.3, -0.25) is 4.90 Å². The summed E-state index contributed by atoms with van der Waals surface area (Å²) in [5.41, 5.74) is -0.353. The number of hydrogen-bond donors (Lipinski definition) is 1. The number of nitrogens with zero attached hydrogens (tertiary/aromatic N) is 4. The number of anilines is 1. The van der Waals surface area contributed by atoms with Gasteiger partial charge in [0.1, 0.15) is 10.4 Å². The van der Waals surface area contributed by atoms with E-state index in [9.17, 15) is 5.11 Å². The third kappa shape index (κ3) is 4.37. The van der Waals surface area contributed by atoms with Gasteiger partial charge in [-0.05, 0) is 36.7 Å². The fraction of sp³-hybridized carbons (Fsp3) is 0.692. The van der Waals surface area contributed by atoms with Crippen LogP contribution in [0.15, 0.2) is 17.0 Å². The number of aromatic nitrogens is 2. The van der Waals surface area contributed by atoms with Gasteiger partial charge in [0.25, 0.3) is 0 Å². The first kappa shape index (κ1) is 15.6. The Kier molecular flexibility index (Phi) is 4.95. The van der Waals surface area contributed by atoms with Crippen molar-refractivity contribution in [1.82, 2.24) is 14.9 Å². The predicted octanol–water partition coefficient (Wildman–Crippen LogP) is 1.45. The van der Waals surface area contributed by atoms with Gasteiger partial charge in [-0.2, -0.15) is 0 Å². The first-order valence-electron chi connectivity index (χ1n) is 6.67. The molecule has 0 amide bonds. The van der Waals surface area contributed by atoms with Gasteiger partial charge < -0.3 is 14.7 Å². The molecule has 0 saturated carbocycles. The standard InChI is InChI=1S/C13H21BrN4O2/c1-13(2,3)20-12(19)18-6-4-17(5-7-18)11-9-15-10(14)8-16-11/h8-9,12,19H,4-7H2,1-3H3. The molecule has 1 aromatic rings. The molecule has 1 aliphatic rings. The highest BCUT2D eigenvalue weighted by molar-refractivity contribution is 9.10. The first-order valence-corrected chi connectivity index (χ1v) is 7.47. The van der Waals surface area contributed by atoms with Crippen LogP contribution in [0.1, 0.15) is 20.8 Å². The summed E-state index contributed by atoms with van der Waals surface area (Å²) in [4.78, 5) is 12.6. The van der Waals surface area contributed by atoms with E-state index < -0.39 is 6.41 Å². The zero-order valence-corrected chi connectivity index (χ0v) is 13.7. The van der Waals surface area contributed by atoms with E-state index in [0.717, 1.165) is 36.6 Å². The van der Waals surface area contributed by atoms with E-state index in [1.807, 2.05) is 25.7 Å². The van der Waals surface area contributed by atoms with Gasteiger partial charge in [-0.15, -0.1) is 0 Å². The van der Waals surface area contributed by atoms with E-state index in [2.05, 4.69) is 30.8 Å². The van der Waals surface area contributed by atoms with Crippen molar-refractivity contribution in [3.8, 4) is 0 Å². The fourth-order valence-electron chi connectivity index (χ4n) is 2.03. The highest BCUT2D eigenvalue weighted by atomic mass is 79.9. The molecular formula is C13H21BrN4O2. The van der Waals surface area contributed by atoms with Crippen LogP contribution in [0.3, 0.4) is 0 Å². The van der Waals surface area contributed by atoms with Crippen molar-refractivity contribution in [2.45, 2.75) is 32.8 Å². The van der Waals surface area contributed by atoms with E-state index in [-0.39, 0.29) is 5.60 Å². The Morgan fingerprint density at radius 2 is 1.85 bits per heavy atom. The van der Waals surface area contributed by atoms with Gasteiger partial charge in [-0.1, -0.05) is 0 Å². The smallest absolute Gasteiger partial charge is 0.216 e. The third-order valence-electron chi connectivity index (χ3n) is 3.02. The Labute approximate surface area is 127 Å². The molecule has 6 nitrogen and oxygen atoms in total. The van der Waals surface area contributed by atoms with Crippen LogP contribution < -0.4 is 4.90 Å². The summed E-state index contributed by atoms with van der Waals surface area (Å²) in [5.74, 6) is 0.860. The van der Waals surface area contributed by atoms with Gasteiger partial charge in [-0.25, -0.2) is 9.97 Å². The number of aliphatic hydroxyl groups is 1. The van der Waals surface area contributed by atoms with Crippen LogP contribution in [0.4, 0.5) is 5.82 Å². The molecule has 1 aromatic heterocycles. The molecule has 1 unspecified atom stereocenters. The third-order valence-corrected chi connectivity index (χ3v) is 3.43. The van der Waals surface area contributed by atoms with Gasteiger partial charge in [0.2, 0.25) is 6.41 Å². The molecule has 2 rings (SSSR count). The Bertz CT molecular complexity index is 427. The topological polar surface area (TPSA) is 61.7 Å². The molecule has 1 atom stereocenters. The maximum absolute atomic E-state index is 10.1. The van der Waals surface area contributed by atoms with Crippen LogP contribution in [-0.4, -0.2) is 58.2 Å². The second-order valence-corrected chi connectivity index (χ2v) is 6.59. The molecule has 20 heavy (non-hydrogen) atoms. The van der Waals surface area contributed by atoms with E-state index in [1.54, 1.807) is 12.4 Å². The molecule has 7 heteroatoms. The molecule has 0 bridgehead atoms. The summed E-state index contributed by atoms with van der Waals surface area (Å²) in [6, 6.07) is 0. The lowest BCUT2D eigenvalue weighted by Gasteiger charge is -2.39. The monoisotopic (exact) mass is 344 g/mol. The normalized spacial score (nSPS) is 19.1. The molecule has 1 aliphatic heterocycles. The maximum atomic E-state index is 10.1. The number of halogens is 1. The second kappa shape index (κ2) is 6.34. The number of hydrogen-bond acceptors (Lipinski definition) is 6. The zero-order valence-electron chi connectivity index (χ0n) is 12.1. The number of ether oxygens (including phenoxy) is 1. The molecule has 0 aromatic carbocycles. The Morgan fingerprint density at radius 1 is 1.20 bits per heavy atom. The van der Waals surface area contributed by atoms with Gasteiger partial charge in [0.05, 0.1) is 18.0 Å². The molecule has 1 saturated heterocycles. The summed E-state index contributed by atoms with van der Waals surface area (Å²) >= 11 is 3.28. The molecule has 0 spiro atoms. The lowest BCUT2D eigenvalue weighted by atomic mass is 10.2. The zero-order chi connectivity index (χ0) is 14.8. The van der Waals surface area contributed by atoms with E-state index in [1.165, 1.54) is 0 Å². The minimum atomic E-state index is -0.854. The highest BCUT2D eigenvalue weighted by Crippen LogP contribution is 2.17. The summed E-state index contributed by atoms with van der Waals surface area (Å²) < 4.78 is 6.29. The van der Waals surface area contributed by atoms with Crippen molar-refractivity contribution in [2.24, 2.45) is 0 Å². The fourth-order valence-corrected chi connectivity index (χ4v) is 2.24. The number of rotatable bonds is 3.